The number of aromatic nitrogens is 2. The summed E-state index contributed by atoms with van der Waals surface area (Å²) in [5, 5.41) is 15.5. The molecule has 7 heteroatoms. The maximum Gasteiger partial charge on any atom is 0.433 e. The highest BCUT2D eigenvalue weighted by molar-refractivity contribution is 9.10. The smallest absolute Gasteiger partial charge is 0.401 e. The molecule has 4 rings (SSSR count). The molecule has 2 aromatic heterocycles. The summed E-state index contributed by atoms with van der Waals surface area (Å²) in [5.41, 5.74) is 3.57. The van der Waals surface area contributed by atoms with Crippen LogP contribution < -0.4 is 0 Å². The van der Waals surface area contributed by atoms with E-state index in [0.29, 0.717) is 5.76 Å². The zero-order chi connectivity index (χ0) is 19.5. The van der Waals surface area contributed by atoms with Gasteiger partial charge in [0.15, 0.2) is 0 Å². The van der Waals surface area contributed by atoms with Gasteiger partial charge in [-0.05, 0) is 42.5 Å². The van der Waals surface area contributed by atoms with Crippen molar-refractivity contribution in [1.29, 1.82) is 0 Å². The van der Waals surface area contributed by atoms with Crippen molar-refractivity contribution in [1.82, 2.24) is 9.78 Å². The van der Waals surface area contributed by atoms with Crippen LogP contribution in [-0.2, 0) is 0 Å². The molecule has 0 spiro atoms. The van der Waals surface area contributed by atoms with Gasteiger partial charge in [0.05, 0.1) is 17.4 Å². The van der Waals surface area contributed by atoms with Crippen LogP contribution in [0.4, 0.5) is 5.88 Å². The molecule has 0 fully saturated rings. The first-order valence-electron chi connectivity index (χ1n) is 8.43. The van der Waals surface area contributed by atoms with E-state index >= 15 is 0 Å². The van der Waals surface area contributed by atoms with Crippen molar-refractivity contribution < 1.29 is 9.34 Å². The average molecular weight is 436 g/mol. The topological polar surface area (TPSA) is 74.1 Å². The van der Waals surface area contributed by atoms with Crippen LogP contribution in [0, 0.1) is 10.1 Å². The van der Waals surface area contributed by atoms with E-state index in [0.717, 1.165) is 27.0 Å². The van der Waals surface area contributed by atoms with Gasteiger partial charge in [-0.3, -0.25) is 10.1 Å². The Morgan fingerprint density at radius 2 is 1.75 bits per heavy atom. The molecule has 0 N–H and O–H groups in total. The normalized spacial score (nSPS) is 11.2. The van der Waals surface area contributed by atoms with Gasteiger partial charge in [0, 0.05) is 21.8 Å². The Hall–Kier alpha value is -3.45. The van der Waals surface area contributed by atoms with Gasteiger partial charge < -0.3 is 4.42 Å². The number of rotatable bonds is 5. The summed E-state index contributed by atoms with van der Waals surface area (Å²) in [7, 11) is 0. The first kappa shape index (κ1) is 17.9. The predicted molar refractivity (Wildman–Crippen MR) is 111 cm³/mol. The lowest BCUT2D eigenvalue weighted by Crippen LogP contribution is -1.93. The molecule has 0 aliphatic rings. The molecule has 0 unspecified atom stereocenters. The predicted octanol–water partition coefficient (Wildman–Crippen LogP) is 5.97. The van der Waals surface area contributed by atoms with Gasteiger partial charge in [-0.25, -0.2) is 4.68 Å². The molecular formula is C21H14BrN3O3. The van der Waals surface area contributed by atoms with E-state index in [1.165, 1.54) is 6.07 Å². The number of nitro groups is 1. The number of halogens is 1. The molecule has 0 aliphatic heterocycles. The quantitative estimate of drug-likeness (QED) is 0.285. The fourth-order valence-electron chi connectivity index (χ4n) is 2.76. The Morgan fingerprint density at radius 1 is 1.00 bits per heavy atom. The van der Waals surface area contributed by atoms with Crippen molar-refractivity contribution in [2.75, 3.05) is 0 Å². The second-order valence-electron chi connectivity index (χ2n) is 5.99. The molecule has 0 saturated carbocycles. The number of nitrogens with zero attached hydrogens (tertiary/aromatic N) is 3. The van der Waals surface area contributed by atoms with Gasteiger partial charge in [0.2, 0.25) is 0 Å². The van der Waals surface area contributed by atoms with Gasteiger partial charge in [0.25, 0.3) is 0 Å². The SMILES string of the molecule is O=[N+]([O-])c1ccc(/C=C/c2cn(-c3ccccc3)nc2-c2ccc(Br)cc2)o1. The Balaban J connectivity index is 1.75. The molecular weight excluding hydrogens is 422 g/mol. The molecule has 2 heterocycles. The third kappa shape index (κ3) is 3.79. The molecule has 28 heavy (non-hydrogen) atoms. The molecule has 6 nitrogen and oxygen atoms in total. The summed E-state index contributed by atoms with van der Waals surface area (Å²) in [6, 6.07) is 20.6. The Morgan fingerprint density at radius 3 is 2.43 bits per heavy atom. The lowest BCUT2D eigenvalue weighted by Gasteiger charge is -2.00. The van der Waals surface area contributed by atoms with Crippen molar-refractivity contribution in [3.8, 4) is 16.9 Å². The molecule has 0 saturated heterocycles. The van der Waals surface area contributed by atoms with E-state index in [1.807, 2.05) is 71.6 Å². The van der Waals surface area contributed by atoms with Crippen LogP contribution in [0.15, 0.2) is 81.8 Å². The Labute approximate surface area is 169 Å². The molecule has 138 valence electrons. The van der Waals surface area contributed by atoms with Gasteiger partial charge in [-0.15, -0.1) is 0 Å². The van der Waals surface area contributed by atoms with E-state index in [4.69, 9.17) is 9.52 Å². The Bertz CT molecular complexity index is 1150. The summed E-state index contributed by atoms with van der Waals surface area (Å²) < 4.78 is 7.99. The maximum absolute atomic E-state index is 10.8. The number of benzene rings is 2. The van der Waals surface area contributed by atoms with Crippen molar-refractivity contribution in [3.05, 3.63) is 98.8 Å². The fraction of sp³-hybridized carbons (Fsp3) is 0. The molecule has 2 aromatic carbocycles. The molecule has 0 aliphatic carbocycles. The van der Waals surface area contributed by atoms with Crippen LogP contribution >= 0.6 is 15.9 Å². The van der Waals surface area contributed by atoms with E-state index in [-0.39, 0.29) is 5.88 Å². The van der Waals surface area contributed by atoms with Crippen LogP contribution in [0.2, 0.25) is 0 Å². The maximum atomic E-state index is 10.8. The van der Waals surface area contributed by atoms with Gasteiger partial charge >= 0.3 is 5.88 Å². The van der Waals surface area contributed by atoms with Crippen LogP contribution in [0.1, 0.15) is 11.3 Å². The molecule has 0 amide bonds. The average Bonchev–Trinajstić information content (AvgIpc) is 3.35. The van der Waals surface area contributed by atoms with E-state index in [1.54, 1.807) is 12.1 Å². The van der Waals surface area contributed by atoms with Crippen molar-refractivity contribution >= 4 is 34.0 Å². The zero-order valence-electron chi connectivity index (χ0n) is 14.5. The third-order valence-corrected chi connectivity index (χ3v) is 4.63. The highest BCUT2D eigenvalue weighted by atomic mass is 79.9. The second kappa shape index (κ2) is 7.66. The minimum absolute atomic E-state index is 0.284. The fourth-order valence-corrected chi connectivity index (χ4v) is 3.02. The second-order valence-corrected chi connectivity index (χ2v) is 6.90. The summed E-state index contributed by atoms with van der Waals surface area (Å²) in [5.74, 6) is 0.119. The molecule has 0 atom stereocenters. The monoisotopic (exact) mass is 435 g/mol. The van der Waals surface area contributed by atoms with E-state index < -0.39 is 4.92 Å². The van der Waals surface area contributed by atoms with E-state index in [9.17, 15) is 10.1 Å². The third-order valence-electron chi connectivity index (χ3n) is 4.10. The van der Waals surface area contributed by atoms with Gasteiger partial charge in [0.1, 0.15) is 10.7 Å². The van der Waals surface area contributed by atoms with Crippen LogP contribution in [0.25, 0.3) is 29.1 Å². The van der Waals surface area contributed by atoms with Gasteiger partial charge in [-0.1, -0.05) is 46.3 Å². The molecule has 0 radical (unpaired) electrons. The van der Waals surface area contributed by atoms with E-state index in [2.05, 4.69) is 15.9 Å². The standard InChI is InChI=1S/C21H14BrN3O3/c22-17-9-6-15(7-10-17)21-16(8-11-19-12-13-20(28-19)25(26)27)14-24(23-21)18-4-2-1-3-5-18/h1-14H/b11-8+. The van der Waals surface area contributed by atoms with Crippen molar-refractivity contribution in [2.45, 2.75) is 0 Å². The first-order valence-corrected chi connectivity index (χ1v) is 9.23. The van der Waals surface area contributed by atoms with Crippen molar-refractivity contribution in [3.63, 3.8) is 0 Å². The molecule has 4 aromatic rings. The van der Waals surface area contributed by atoms with Crippen LogP contribution in [0.3, 0.4) is 0 Å². The number of hydrogen-bond acceptors (Lipinski definition) is 4. The lowest BCUT2D eigenvalue weighted by atomic mass is 10.1. The van der Waals surface area contributed by atoms with Crippen LogP contribution in [-0.4, -0.2) is 14.7 Å². The first-order chi connectivity index (χ1) is 13.6. The van der Waals surface area contributed by atoms with Crippen molar-refractivity contribution in [2.24, 2.45) is 0 Å². The largest absolute Gasteiger partial charge is 0.433 e. The van der Waals surface area contributed by atoms with Gasteiger partial charge in [-0.2, -0.15) is 5.10 Å². The number of para-hydroxylation sites is 1. The van der Waals surface area contributed by atoms with Crippen LogP contribution in [0.5, 0.6) is 0 Å². The number of furan rings is 1. The minimum Gasteiger partial charge on any atom is -0.401 e. The Kier molecular flexibility index (Phi) is 4.90. The lowest BCUT2D eigenvalue weighted by molar-refractivity contribution is -0.402. The minimum atomic E-state index is -0.558. The highest BCUT2D eigenvalue weighted by Gasteiger charge is 2.12. The molecule has 0 bridgehead atoms. The number of hydrogen-bond donors (Lipinski definition) is 0. The highest BCUT2D eigenvalue weighted by Crippen LogP contribution is 2.27. The summed E-state index contributed by atoms with van der Waals surface area (Å²) in [4.78, 5) is 10.2. The summed E-state index contributed by atoms with van der Waals surface area (Å²) in [6.07, 6.45) is 5.45. The zero-order valence-corrected chi connectivity index (χ0v) is 16.1. The summed E-state index contributed by atoms with van der Waals surface area (Å²) >= 11 is 3.45. The summed E-state index contributed by atoms with van der Waals surface area (Å²) in [6.45, 7) is 0.